The van der Waals surface area contributed by atoms with Crippen LogP contribution in [0.1, 0.15) is 13.0 Å². The Morgan fingerprint density at radius 1 is 1.44 bits per heavy atom. The minimum absolute atomic E-state index is 0.454. The number of aliphatic carboxylic acids is 1. The van der Waals surface area contributed by atoms with Gasteiger partial charge in [0.1, 0.15) is 31.8 Å². The molecule has 0 aliphatic carbocycles. The lowest BCUT2D eigenvalue weighted by molar-refractivity contribution is -0.147. The lowest BCUT2D eigenvalue weighted by atomic mass is 10.3. The average Bonchev–Trinajstić information content (AvgIpc) is 2.78. The van der Waals surface area contributed by atoms with Gasteiger partial charge in [0.15, 0.2) is 0 Å². The van der Waals surface area contributed by atoms with Gasteiger partial charge in [-0.15, -0.1) is 0 Å². The quantitative estimate of drug-likeness (QED) is 0.618. The van der Waals surface area contributed by atoms with Gasteiger partial charge in [-0.3, -0.25) is 14.4 Å². The van der Waals surface area contributed by atoms with Gasteiger partial charge in [0, 0.05) is 0 Å². The molecule has 0 spiro atoms. The van der Waals surface area contributed by atoms with E-state index in [1.165, 1.54) is 24.3 Å². The van der Waals surface area contributed by atoms with Crippen molar-refractivity contribution in [2.45, 2.75) is 13.0 Å². The van der Waals surface area contributed by atoms with Crippen molar-refractivity contribution >= 4 is 17.8 Å². The maximum atomic E-state index is 12.0. The highest BCUT2D eigenvalue weighted by molar-refractivity contribution is 5.88. The van der Waals surface area contributed by atoms with Crippen LogP contribution < -0.4 is 5.73 Å². The smallest absolute Gasteiger partial charge is 0.323 e. The first-order valence-electron chi connectivity index (χ1n) is 5.04. The normalized spacial score (nSPS) is 11.8. The molecule has 18 heavy (non-hydrogen) atoms. The Balaban J connectivity index is 2.81. The van der Waals surface area contributed by atoms with Crippen molar-refractivity contribution in [2.75, 3.05) is 13.1 Å². The number of nitrogens with two attached hydrogens (primary N) is 1. The first kappa shape index (κ1) is 13.6. The lowest BCUT2D eigenvalue weighted by Gasteiger charge is -2.22. The zero-order chi connectivity index (χ0) is 13.7. The summed E-state index contributed by atoms with van der Waals surface area (Å²) in [5.41, 5.74) is 4.97. The van der Waals surface area contributed by atoms with Crippen molar-refractivity contribution in [3.63, 3.8) is 0 Å². The molecule has 0 aliphatic heterocycles. The average molecular weight is 255 g/mol. The second kappa shape index (κ2) is 5.75. The van der Waals surface area contributed by atoms with Gasteiger partial charge < -0.3 is 15.7 Å². The molecule has 1 unspecified atom stereocenters. The first-order valence-corrected chi connectivity index (χ1v) is 5.04. The third-order valence-corrected chi connectivity index (χ3v) is 2.18. The van der Waals surface area contributed by atoms with Crippen LogP contribution in [0.3, 0.4) is 0 Å². The molecular weight excluding hydrogens is 242 g/mol. The van der Waals surface area contributed by atoms with E-state index in [0.717, 1.165) is 4.90 Å². The molecular formula is C9H13N5O4. The molecule has 0 radical (unpaired) electrons. The molecule has 1 aromatic heterocycles. The van der Waals surface area contributed by atoms with E-state index in [1.807, 2.05) is 0 Å². The van der Waals surface area contributed by atoms with Crippen molar-refractivity contribution in [2.24, 2.45) is 5.73 Å². The van der Waals surface area contributed by atoms with Gasteiger partial charge in [0.2, 0.25) is 11.8 Å². The number of hydrogen-bond donors (Lipinski definition) is 2. The van der Waals surface area contributed by atoms with E-state index in [9.17, 15) is 14.4 Å². The summed E-state index contributed by atoms with van der Waals surface area (Å²) in [6, 6.07) is -0.758. The van der Waals surface area contributed by atoms with Crippen molar-refractivity contribution in [3.05, 3.63) is 12.7 Å². The molecule has 98 valence electrons. The van der Waals surface area contributed by atoms with Gasteiger partial charge in [0.25, 0.3) is 0 Å². The Kier molecular flexibility index (Phi) is 4.35. The minimum atomic E-state index is -1.23. The van der Waals surface area contributed by atoms with E-state index in [-0.39, 0.29) is 0 Å². The van der Waals surface area contributed by atoms with Gasteiger partial charge in [-0.05, 0) is 6.92 Å². The molecule has 0 aliphatic rings. The van der Waals surface area contributed by atoms with Crippen LogP contribution in [-0.2, 0) is 14.4 Å². The zero-order valence-corrected chi connectivity index (χ0v) is 9.68. The summed E-state index contributed by atoms with van der Waals surface area (Å²) in [5, 5.41) is 12.4. The summed E-state index contributed by atoms with van der Waals surface area (Å²) in [4.78, 5) is 37.9. The minimum Gasteiger partial charge on any atom is -0.480 e. The molecule has 0 fully saturated rings. The van der Waals surface area contributed by atoms with Gasteiger partial charge in [0.05, 0.1) is 0 Å². The van der Waals surface area contributed by atoms with Gasteiger partial charge in [-0.1, -0.05) is 0 Å². The van der Waals surface area contributed by atoms with E-state index >= 15 is 0 Å². The van der Waals surface area contributed by atoms with E-state index in [4.69, 9.17) is 10.8 Å². The van der Waals surface area contributed by atoms with Crippen molar-refractivity contribution < 1.29 is 19.5 Å². The number of nitrogens with zero attached hydrogens (tertiary/aromatic N) is 4. The van der Waals surface area contributed by atoms with Crippen molar-refractivity contribution in [3.8, 4) is 0 Å². The number of primary amides is 1. The lowest BCUT2D eigenvalue weighted by Crippen LogP contribution is -2.44. The topological polar surface area (TPSA) is 131 Å². The van der Waals surface area contributed by atoms with E-state index < -0.39 is 36.9 Å². The van der Waals surface area contributed by atoms with Gasteiger partial charge >= 0.3 is 5.97 Å². The standard InChI is InChI=1S/C9H13N5O4/c1-6(14-5-11-4-12-14)9(18)13(2-7(10)15)3-8(16)17/h4-6H,2-3H2,1H3,(H2,10,15)(H,16,17). The Labute approximate surface area is 102 Å². The molecule has 0 aromatic carbocycles. The number of carboxylic acid groups (broad SMARTS) is 1. The SMILES string of the molecule is CC(C(=O)N(CC(N)=O)CC(=O)O)n1cncn1. The molecule has 3 N–H and O–H groups in total. The maximum Gasteiger partial charge on any atom is 0.323 e. The Morgan fingerprint density at radius 2 is 2.11 bits per heavy atom. The Hall–Kier alpha value is -2.45. The number of amides is 2. The fourth-order valence-electron chi connectivity index (χ4n) is 1.36. The van der Waals surface area contributed by atoms with Crippen LogP contribution in [0, 0.1) is 0 Å². The molecule has 1 heterocycles. The monoisotopic (exact) mass is 255 g/mol. The van der Waals surface area contributed by atoms with Crippen LogP contribution in [0.15, 0.2) is 12.7 Å². The van der Waals surface area contributed by atoms with E-state index in [0.29, 0.717) is 0 Å². The molecule has 1 aromatic rings. The van der Waals surface area contributed by atoms with Crippen LogP contribution in [0.2, 0.25) is 0 Å². The Bertz CT molecular complexity index is 428. The maximum absolute atomic E-state index is 12.0. The molecule has 9 heteroatoms. The predicted molar refractivity (Wildman–Crippen MR) is 58.1 cm³/mol. The third kappa shape index (κ3) is 3.54. The summed E-state index contributed by atoms with van der Waals surface area (Å²) < 4.78 is 1.26. The predicted octanol–water partition coefficient (Wildman–Crippen LogP) is -1.76. The highest BCUT2D eigenvalue weighted by Crippen LogP contribution is 2.07. The van der Waals surface area contributed by atoms with Crippen LogP contribution >= 0.6 is 0 Å². The fraction of sp³-hybridized carbons (Fsp3) is 0.444. The number of carbonyl (C=O) groups excluding carboxylic acids is 2. The van der Waals surface area contributed by atoms with Crippen LogP contribution in [0.4, 0.5) is 0 Å². The largest absolute Gasteiger partial charge is 0.480 e. The summed E-state index contributed by atoms with van der Waals surface area (Å²) in [6.07, 6.45) is 2.57. The summed E-state index contributed by atoms with van der Waals surface area (Å²) in [6.45, 7) is 0.470. The number of aromatic nitrogens is 3. The molecule has 0 saturated carbocycles. The van der Waals surface area contributed by atoms with E-state index in [1.54, 1.807) is 0 Å². The van der Waals surface area contributed by atoms with Crippen LogP contribution in [0.25, 0.3) is 0 Å². The molecule has 0 bridgehead atoms. The Morgan fingerprint density at radius 3 is 2.56 bits per heavy atom. The zero-order valence-electron chi connectivity index (χ0n) is 9.68. The molecule has 0 saturated heterocycles. The first-order chi connectivity index (χ1) is 8.41. The molecule has 1 atom stereocenters. The third-order valence-electron chi connectivity index (χ3n) is 2.18. The van der Waals surface area contributed by atoms with Crippen molar-refractivity contribution in [1.82, 2.24) is 19.7 Å². The number of rotatable bonds is 6. The second-order valence-electron chi connectivity index (χ2n) is 3.61. The van der Waals surface area contributed by atoms with Gasteiger partial charge in [-0.25, -0.2) is 9.67 Å². The molecule has 9 nitrogen and oxygen atoms in total. The van der Waals surface area contributed by atoms with Crippen LogP contribution in [-0.4, -0.2) is 55.6 Å². The molecule has 2 amide bonds. The second-order valence-corrected chi connectivity index (χ2v) is 3.61. The fourth-order valence-corrected chi connectivity index (χ4v) is 1.36. The highest BCUT2D eigenvalue weighted by Gasteiger charge is 2.25. The number of carboxylic acids is 1. The van der Waals surface area contributed by atoms with Crippen molar-refractivity contribution in [1.29, 1.82) is 0 Å². The summed E-state index contributed by atoms with van der Waals surface area (Å²) >= 11 is 0. The number of hydrogen-bond acceptors (Lipinski definition) is 5. The number of carbonyl (C=O) groups is 3. The summed E-state index contributed by atoms with van der Waals surface area (Å²) in [5.74, 6) is -2.58. The van der Waals surface area contributed by atoms with Gasteiger partial charge in [-0.2, -0.15) is 5.10 Å². The van der Waals surface area contributed by atoms with Crippen LogP contribution in [0.5, 0.6) is 0 Å². The summed E-state index contributed by atoms with van der Waals surface area (Å²) in [7, 11) is 0. The molecule has 1 rings (SSSR count). The highest BCUT2D eigenvalue weighted by atomic mass is 16.4. The van der Waals surface area contributed by atoms with E-state index in [2.05, 4.69) is 10.1 Å².